The maximum Gasteiger partial charge on any atom is 0.573 e. The maximum absolute atomic E-state index is 12.2. The molecule has 26 heavy (non-hydrogen) atoms. The van der Waals surface area contributed by atoms with E-state index in [0.29, 0.717) is 11.1 Å². The van der Waals surface area contributed by atoms with Crippen molar-refractivity contribution in [3.63, 3.8) is 0 Å². The number of amides is 1. The number of carbonyl (C=O) groups excluding carboxylic acids is 2. The first-order chi connectivity index (χ1) is 12.3. The summed E-state index contributed by atoms with van der Waals surface area (Å²) >= 11 is 0. The summed E-state index contributed by atoms with van der Waals surface area (Å²) in [6, 6.07) is 13.0. The molecule has 1 N–H and O–H groups in total. The molecular weight excluding hydrogens is 351 g/mol. The average molecular weight is 365 g/mol. The number of hydrogen-bond acceptors (Lipinski definition) is 4. The smallest absolute Gasteiger partial charge is 0.464 e. The van der Waals surface area contributed by atoms with E-state index in [1.165, 1.54) is 18.2 Å². The molecule has 136 valence electrons. The van der Waals surface area contributed by atoms with Crippen molar-refractivity contribution in [2.45, 2.75) is 6.36 Å². The molecule has 2 rings (SSSR count). The fourth-order valence-electron chi connectivity index (χ4n) is 1.97. The van der Waals surface area contributed by atoms with Crippen molar-refractivity contribution in [2.24, 2.45) is 0 Å². The van der Waals surface area contributed by atoms with Crippen LogP contribution in [0.4, 0.5) is 13.2 Å². The number of carbonyl (C=O) groups is 2. The maximum atomic E-state index is 12.2. The lowest BCUT2D eigenvalue weighted by atomic mass is 10.1. The van der Waals surface area contributed by atoms with E-state index in [4.69, 9.17) is 0 Å². The number of hydrogen-bond donors (Lipinski definition) is 1. The van der Waals surface area contributed by atoms with Crippen molar-refractivity contribution in [3.8, 4) is 5.75 Å². The topological polar surface area (TPSA) is 64.6 Å². The number of esters is 1. The molecule has 0 radical (unpaired) electrons. The first-order valence-electron chi connectivity index (χ1n) is 7.31. The van der Waals surface area contributed by atoms with Gasteiger partial charge in [-0.15, -0.1) is 13.2 Å². The molecule has 8 heteroatoms. The van der Waals surface area contributed by atoms with E-state index in [9.17, 15) is 22.8 Å². The second kappa shape index (κ2) is 8.19. The monoisotopic (exact) mass is 365 g/mol. The molecule has 0 aliphatic heterocycles. The predicted molar refractivity (Wildman–Crippen MR) is 87.0 cm³/mol. The third kappa shape index (κ3) is 5.66. The Kier molecular flexibility index (Phi) is 6.00. The number of rotatable bonds is 5. The summed E-state index contributed by atoms with van der Waals surface area (Å²) in [5.41, 5.74) is 0.537. The SMILES string of the molecule is COC(=O)/C(=C\c1ccc(OC(F)(F)F)cc1)NC(=O)c1ccccc1. The summed E-state index contributed by atoms with van der Waals surface area (Å²) in [5.74, 6) is -1.73. The number of nitrogens with one attached hydrogen (secondary N) is 1. The van der Waals surface area contributed by atoms with E-state index in [1.54, 1.807) is 30.3 Å². The van der Waals surface area contributed by atoms with Crippen LogP contribution in [0.2, 0.25) is 0 Å². The average Bonchev–Trinajstić information content (AvgIpc) is 2.61. The van der Waals surface area contributed by atoms with E-state index >= 15 is 0 Å². The zero-order valence-electron chi connectivity index (χ0n) is 13.5. The molecule has 0 fully saturated rings. The zero-order chi connectivity index (χ0) is 19.2. The molecule has 1 amide bonds. The lowest BCUT2D eigenvalue weighted by molar-refractivity contribution is -0.274. The molecule has 0 bridgehead atoms. The summed E-state index contributed by atoms with van der Waals surface area (Å²) in [6.07, 6.45) is -3.51. The molecule has 0 saturated carbocycles. The van der Waals surface area contributed by atoms with Gasteiger partial charge in [0.2, 0.25) is 0 Å². The van der Waals surface area contributed by atoms with Crippen LogP contribution in [0, 0.1) is 0 Å². The third-order valence-corrected chi connectivity index (χ3v) is 3.11. The Balaban J connectivity index is 2.21. The minimum atomic E-state index is -4.79. The molecule has 0 aliphatic carbocycles. The van der Waals surface area contributed by atoms with Crippen LogP contribution in [0.25, 0.3) is 6.08 Å². The van der Waals surface area contributed by atoms with Gasteiger partial charge in [-0.3, -0.25) is 4.79 Å². The van der Waals surface area contributed by atoms with Crippen LogP contribution in [-0.2, 0) is 9.53 Å². The molecular formula is C18H14F3NO4. The van der Waals surface area contributed by atoms with E-state index < -0.39 is 24.0 Å². The van der Waals surface area contributed by atoms with Crippen molar-refractivity contribution in [2.75, 3.05) is 7.11 Å². The molecule has 0 spiro atoms. The van der Waals surface area contributed by atoms with Crippen molar-refractivity contribution >= 4 is 18.0 Å². The first kappa shape index (κ1) is 19.0. The highest BCUT2D eigenvalue weighted by Gasteiger charge is 2.30. The summed E-state index contributed by atoms with van der Waals surface area (Å²) < 4.78 is 44.9. The van der Waals surface area contributed by atoms with Gasteiger partial charge in [0.15, 0.2) is 0 Å². The summed E-state index contributed by atoms with van der Waals surface area (Å²) in [6.45, 7) is 0. The molecule has 0 heterocycles. The molecule has 2 aromatic rings. The number of halogens is 3. The van der Waals surface area contributed by atoms with Gasteiger partial charge in [-0.1, -0.05) is 30.3 Å². The Morgan fingerprint density at radius 2 is 1.62 bits per heavy atom. The Labute approximate surface area is 147 Å². The van der Waals surface area contributed by atoms with Crippen LogP contribution in [0.15, 0.2) is 60.3 Å². The van der Waals surface area contributed by atoms with E-state index in [2.05, 4.69) is 14.8 Å². The fourth-order valence-corrected chi connectivity index (χ4v) is 1.97. The van der Waals surface area contributed by atoms with Crippen molar-refractivity contribution in [1.82, 2.24) is 5.32 Å². The standard InChI is InChI=1S/C18H14F3NO4/c1-25-17(24)15(22-16(23)13-5-3-2-4-6-13)11-12-7-9-14(10-8-12)26-18(19,20)21/h2-11H,1H3,(H,22,23)/b15-11+. The second-order valence-corrected chi connectivity index (χ2v) is 4.99. The lowest BCUT2D eigenvalue weighted by Gasteiger charge is -2.10. The molecule has 0 atom stereocenters. The summed E-state index contributed by atoms with van der Waals surface area (Å²) in [4.78, 5) is 24.0. The number of alkyl halides is 3. The Hall–Kier alpha value is -3.29. The van der Waals surface area contributed by atoms with E-state index in [-0.39, 0.29) is 5.70 Å². The third-order valence-electron chi connectivity index (χ3n) is 3.11. The second-order valence-electron chi connectivity index (χ2n) is 4.99. The highest BCUT2D eigenvalue weighted by atomic mass is 19.4. The highest BCUT2D eigenvalue weighted by molar-refractivity contribution is 6.03. The molecule has 2 aromatic carbocycles. The van der Waals surface area contributed by atoms with Gasteiger partial charge in [0.1, 0.15) is 11.4 Å². The Bertz CT molecular complexity index is 799. The van der Waals surface area contributed by atoms with Crippen molar-refractivity contribution in [1.29, 1.82) is 0 Å². The summed E-state index contributed by atoms with van der Waals surface area (Å²) in [5, 5.41) is 2.42. The van der Waals surface area contributed by atoms with Crippen molar-refractivity contribution < 1.29 is 32.2 Å². The van der Waals surface area contributed by atoms with Crippen LogP contribution in [0.3, 0.4) is 0 Å². The number of ether oxygens (including phenoxy) is 2. The lowest BCUT2D eigenvalue weighted by Crippen LogP contribution is -2.28. The van der Waals surface area contributed by atoms with Gasteiger partial charge in [0, 0.05) is 5.56 Å². The fraction of sp³-hybridized carbons (Fsp3) is 0.111. The van der Waals surface area contributed by atoms with Crippen LogP contribution >= 0.6 is 0 Å². The Morgan fingerprint density at radius 3 is 2.15 bits per heavy atom. The highest BCUT2D eigenvalue weighted by Crippen LogP contribution is 2.23. The van der Waals surface area contributed by atoms with Gasteiger partial charge in [-0.25, -0.2) is 4.79 Å². The van der Waals surface area contributed by atoms with E-state index in [0.717, 1.165) is 19.2 Å². The van der Waals surface area contributed by atoms with Gasteiger partial charge in [0.05, 0.1) is 7.11 Å². The van der Waals surface area contributed by atoms with Crippen LogP contribution in [0.1, 0.15) is 15.9 Å². The van der Waals surface area contributed by atoms with Gasteiger partial charge >= 0.3 is 12.3 Å². The minimum absolute atomic E-state index is 0.161. The van der Waals surface area contributed by atoms with Crippen LogP contribution in [0.5, 0.6) is 5.75 Å². The van der Waals surface area contributed by atoms with Gasteiger partial charge < -0.3 is 14.8 Å². The molecule has 5 nitrogen and oxygen atoms in total. The van der Waals surface area contributed by atoms with Gasteiger partial charge in [0.25, 0.3) is 5.91 Å². The largest absolute Gasteiger partial charge is 0.573 e. The number of benzene rings is 2. The zero-order valence-corrected chi connectivity index (χ0v) is 13.5. The summed E-state index contributed by atoms with van der Waals surface area (Å²) in [7, 11) is 1.14. The van der Waals surface area contributed by atoms with Gasteiger partial charge in [-0.2, -0.15) is 0 Å². The van der Waals surface area contributed by atoms with Gasteiger partial charge in [-0.05, 0) is 35.9 Å². The van der Waals surface area contributed by atoms with E-state index in [1.807, 2.05) is 0 Å². The molecule has 0 aliphatic rings. The Morgan fingerprint density at radius 1 is 1.00 bits per heavy atom. The first-order valence-corrected chi connectivity index (χ1v) is 7.31. The predicted octanol–water partition coefficient (Wildman–Crippen LogP) is 3.53. The minimum Gasteiger partial charge on any atom is -0.464 e. The molecule has 0 saturated heterocycles. The normalized spacial score (nSPS) is 11.6. The van der Waals surface area contributed by atoms with Crippen LogP contribution in [-0.4, -0.2) is 25.3 Å². The quantitative estimate of drug-likeness (QED) is 0.650. The molecule has 0 aromatic heterocycles. The number of methoxy groups -OCH3 is 1. The molecule has 0 unspecified atom stereocenters. The van der Waals surface area contributed by atoms with Crippen LogP contribution < -0.4 is 10.1 Å². The van der Waals surface area contributed by atoms with Crippen molar-refractivity contribution in [3.05, 3.63) is 71.4 Å².